The number of fused-ring (bicyclic) bond motifs is 4. The first kappa shape index (κ1) is 45.2. The third kappa shape index (κ3) is 13.1. The average Bonchev–Trinajstić information content (AvgIpc) is 2.80. The Kier molecular flexibility index (Phi) is 18.4. The van der Waals surface area contributed by atoms with Gasteiger partial charge in [-0.25, -0.2) is 0 Å². The first-order valence-electron chi connectivity index (χ1n) is 14.9. The van der Waals surface area contributed by atoms with Gasteiger partial charge < -0.3 is 46.3 Å². The third-order valence-electron chi connectivity index (χ3n) is 7.94. The molecule has 0 saturated carbocycles. The molecule has 0 amide bonds. The van der Waals surface area contributed by atoms with Crippen molar-refractivity contribution in [3.63, 3.8) is 0 Å². The molecule has 44 heavy (non-hydrogen) atoms. The summed E-state index contributed by atoms with van der Waals surface area (Å²) in [5, 5.41) is 36.9. The van der Waals surface area contributed by atoms with Crippen LogP contribution in [0.25, 0.3) is 0 Å². The number of rotatable bonds is 0. The first-order valence-corrected chi connectivity index (χ1v) is 14.9. The van der Waals surface area contributed by atoms with Crippen molar-refractivity contribution in [2.24, 2.45) is 10.8 Å². The van der Waals surface area contributed by atoms with Crippen molar-refractivity contribution < 1.29 is 49.2 Å². The molecule has 2 aromatic carbocycles. The number of nitrogens with one attached hydrogen (secondary N) is 4. The fourth-order valence-corrected chi connectivity index (χ4v) is 5.19. The Bertz CT molecular complexity index is 1010. The van der Waals surface area contributed by atoms with Gasteiger partial charge >= 0.3 is 0 Å². The SMILES string of the molecule is CC1(C)CNCc2cc(C(C)(C)C)cc(c2O)CNCC(C)(C)CNCc2cc(C(C)(C)C)cc(c2O)CNC1.[CH3-].[CH3-].[Zn].[Zn]. The largest absolute Gasteiger partial charge is 0.507 e. The second-order valence-corrected chi connectivity index (χ2v) is 15.5. The molecule has 6 nitrogen and oxygen atoms in total. The fraction of sp³-hybridized carbons (Fsp3) is 0.611. The van der Waals surface area contributed by atoms with Crippen LogP contribution in [0.4, 0.5) is 0 Å². The van der Waals surface area contributed by atoms with Crippen LogP contribution in [0.2, 0.25) is 0 Å². The van der Waals surface area contributed by atoms with Crippen molar-refractivity contribution in [3.05, 3.63) is 72.5 Å². The quantitative estimate of drug-likeness (QED) is 0.135. The molecular weight excluding hydrogens is 651 g/mol. The molecule has 2 aromatic rings. The minimum Gasteiger partial charge on any atom is -0.507 e. The van der Waals surface area contributed by atoms with Gasteiger partial charge in [0.05, 0.1) is 0 Å². The maximum absolute atomic E-state index is 11.2. The van der Waals surface area contributed by atoms with E-state index in [-0.39, 0.29) is 75.5 Å². The molecule has 0 aromatic heterocycles. The normalized spacial score (nSPS) is 17.9. The van der Waals surface area contributed by atoms with Crippen molar-refractivity contribution in [2.75, 3.05) is 26.2 Å². The van der Waals surface area contributed by atoms with Gasteiger partial charge in [0.15, 0.2) is 0 Å². The summed E-state index contributed by atoms with van der Waals surface area (Å²) in [6.45, 7) is 27.9. The van der Waals surface area contributed by atoms with Crippen LogP contribution in [0.15, 0.2) is 24.3 Å². The molecule has 8 heteroatoms. The number of hydrogen-bond donors (Lipinski definition) is 6. The summed E-state index contributed by atoms with van der Waals surface area (Å²) in [6.07, 6.45) is 0. The smallest absolute Gasteiger partial charge is 0.124 e. The second kappa shape index (κ2) is 17.9. The standard InChI is InChI=1S/C34H56N4O2.2CH3.2Zn/c1-31(2,3)27-11-23-15-35-19-33(7,8)21-37-17-25-13-28(32(4,5)6)14-26(30(25)40)18-38-22-34(9,10)20-36-16-24(12-27)29(23)39;;;;/h11-14,35-40H,15-22H2,1-10H3;2*1H3;;/q;2*-1;;. The molecule has 1 aliphatic rings. The maximum atomic E-state index is 11.2. The Hall–Kier alpha value is -0.873. The van der Waals surface area contributed by atoms with Crippen LogP contribution in [-0.4, -0.2) is 36.4 Å². The first-order chi connectivity index (χ1) is 18.4. The Morgan fingerprint density at radius 2 is 0.705 bits per heavy atom. The van der Waals surface area contributed by atoms with Crippen LogP contribution in [0.1, 0.15) is 103 Å². The fourth-order valence-electron chi connectivity index (χ4n) is 5.19. The van der Waals surface area contributed by atoms with Gasteiger partial charge in [-0.05, 0) is 32.8 Å². The molecule has 0 aliphatic carbocycles. The van der Waals surface area contributed by atoms with Crippen LogP contribution in [-0.2, 0) is 76.0 Å². The van der Waals surface area contributed by atoms with E-state index in [0.29, 0.717) is 37.7 Å². The molecule has 4 bridgehead atoms. The van der Waals surface area contributed by atoms with Crippen molar-refractivity contribution in [1.29, 1.82) is 0 Å². The van der Waals surface area contributed by atoms with Crippen LogP contribution >= 0.6 is 0 Å². The summed E-state index contributed by atoms with van der Waals surface area (Å²) < 4.78 is 0. The topological polar surface area (TPSA) is 88.6 Å². The van der Waals surface area contributed by atoms with E-state index in [2.05, 4.69) is 115 Å². The van der Waals surface area contributed by atoms with Gasteiger partial charge in [-0.2, -0.15) is 0 Å². The second-order valence-electron chi connectivity index (χ2n) is 15.5. The Morgan fingerprint density at radius 1 is 0.500 bits per heavy atom. The van der Waals surface area contributed by atoms with Gasteiger partial charge in [0.25, 0.3) is 0 Å². The van der Waals surface area contributed by atoms with Gasteiger partial charge in [0, 0.05) is 114 Å². The molecule has 0 atom stereocenters. The minimum absolute atomic E-state index is 0. The predicted octanol–water partition coefficient (Wildman–Crippen LogP) is 6.71. The van der Waals surface area contributed by atoms with Crippen molar-refractivity contribution in [3.8, 4) is 11.5 Å². The van der Waals surface area contributed by atoms with Gasteiger partial charge in [-0.15, -0.1) is 0 Å². The van der Waals surface area contributed by atoms with Crippen LogP contribution in [0.5, 0.6) is 11.5 Å². The summed E-state index contributed by atoms with van der Waals surface area (Å²) in [6, 6.07) is 8.61. The number of aromatic hydroxyl groups is 2. The van der Waals surface area contributed by atoms with Gasteiger partial charge in [-0.3, -0.25) is 0 Å². The van der Waals surface area contributed by atoms with E-state index in [0.717, 1.165) is 48.4 Å². The monoisotopic (exact) mass is 710 g/mol. The zero-order chi connectivity index (χ0) is 29.9. The predicted molar refractivity (Wildman–Crippen MR) is 181 cm³/mol. The summed E-state index contributed by atoms with van der Waals surface area (Å²) in [4.78, 5) is 0. The molecule has 1 aliphatic heterocycles. The number of hydrogen-bond acceptors (Lipinski definition) is 6. The zero-order valence-corrected chi connectivity index (χ0v) is 36.2. The van der Waals surface area contributed by atoms with Crippen molar-refractivity contribution in [2.45, 2.75) is 106 Å². The van der Waals surface area contributed by atoms with E-state index in [4.69, 9.17) is 0 Å². The van der Waals surface area contributed by atoms with E-state index in [9.17, 15) is 10.2 Å². The molecule has 0 radical (unpaired) electrons. The average molecular weight is 714 g/mol. The van der Waals surface area contributed by atoms with Gasteiger partial charge in [0.1, 0.15) is 11.5 Å². The summed E-state index contributed by atoms with van der Waals surface area (Å²) in [7, 11) is 0. The van der Waals surface area contributed by atoms with E-state index in [1.807, 2.05) is 0 Å². The third-order valence-corrected chi connectivity index (χ3v) is 7.94. The van der Waals surface area contributed by atoms with E-state index >= 15 is 0 Å². The summed E-state index contributed by atoms with van der Waals surface area (Å²) in [5.41, 5.74) is 6.19. The zero-order valence-electron chi connectivity index (χ0n) is 30.3. The molecule has 0 unspecified atom stereocenters. The minimum atomic E-state index is -0.0182. The van der Waals surface area contributed by atoms with E-state index in [1.165, 1.54) is 11.1 Å². The van der Waals surface area contributed by atoms with Crippen LogP contribution < -0.4 is 21.3 Å². The number of benzene rings is 2. The van der Waals surface area contributed by atoms with E-state index < -0.39 is 0 Å². The van der Waals surface area contributed by atoms with Crippen LogP contribution in [0.3, 0.4) is 0 Å². The molecule has 0 saturated heterocycles. The Morgan fingerprint density at radius 3 is 0.886 bits per heavy atom. The van der Waals surface area contributed by atoms with Crippen LogP contribution in [0, 0.1) is 25.7 Å². The summed E-state index contributed by atoms with van der Waals surface area (Å²) >= 11 is 0. The van der Waals surface area contributed by atoms with Crippen molar-refractivity contribution >= 4 is 0 Å². The molecule has 3 rings (SSSR count). The molecule has 0 fully saturated rings. The molecular formula is C36H62N4O2Zn2-2. The van der Waals surface area contributed by atoms with E-state index in [1.54, 1.807) is 0 Å². The van der Waals surface area contributed by atoms with Crippen molar-refractivity contribution in [1.82, 2.24) is 21.3 Å². The number of phenolic OH excluding ortho intramolecular Hbond substituents is 2. The van der Waals surface area contributed by atoms with Gasteiger partial charge in [0.2, 0.25) is 0 Å². The molecule has 0 spiro atoms. The van der Waals surface area contributed by atoms with Gasteiger partial charge in [-0.1, -0.05) is 93.5 Å². The molecule has 1 heterocycles. The summed E-state index contributed by atoms with van der Waals surface area (Å²) in [5.74, 6) is 0.774. The maximum Gasteiger partial charge on any atom is 0.124 e. The molecule has 6 N–H and O–H groups in total. The number of phenols is 2. The Balaban J connectivity index is 0. The molecule has 244 valence electrons. The Labute approximate surface area is 296 Å².